The van der Waals surface area contributed by atoms with E-state index in [1.165, 1.54) is 18.4 Å². The summed E-state index contributed by atoms with van der Waals surface area (Å²) in [4.78, 5) is 12.2. The highest BCUT2D eigenvalue weighted by Gasteiger charge is 2.60. The number of esters is 1. The van der Waals surface area contributed by atoms with Crippen molar-refractivity contribution >= 4 is 5.97 Å². The van der Waals surface area contributed by atoms with Gasteiger partial charge in [0.15, 0.2) is 0 Å². The average molecular weight is 314 g/mol. The number of carbonyl (C=O) groups excluding carboxylic acids is 1. The zero-order chi connectivity index (χ0) is 16.1. The fraction of sp³-hybridized carbons (Fsp3) is 0.650. The largest absolute Gasteiger partial charge is 0.472 e. The van der Waals surface area contributed by atoms with Crippen LogP contribution < -0.4 is 0 Å². The molecule has 1 aromatic heterocycles. The molecule has 2 fully saturated rings. The van der Waals surface area contributed by atoms with Gasteiger partial charge >= 0.3 is 5.97 Å². The maximum absolute atomic E-state index is 12.2. The Morgan fingerprint density at radius 2 is 2.22 bits per heavy atom. The van der Waals surface area contributed by atoms with Crippen molar-refractivity contribution in [2.45, 2.75) is 52.4 Å². The molecule has 0 amide bonds. The first kappa shape index (κ1) is 15.0. The van der Waals surface area contributed by atoms with Crippen LogP contribution in [0, 0.1) is 22.7 Å². The second kappa shape index (κ2) is 5.25. The molecule has 2 aliphatic carbocycles. The van der Waals surface area contributed by atoms with Crippen molar-refractivity contribution in [3.63, 3.8) is 0 Å². The number of furan rings is 1. The number of carbonyl (C=O) groups is 1. The topological polar surface area (TPSA) is 39.4 Å². The van der Waals surface area contributed by atoms with Gasteiger partial charge in [-0.15, -0.1) is 0 Å². The lowest BCUT2D eigenvalue weighted by Gasteiger charge is -2.56. The van der Waals surface area contributed by atoms with E-state index >= 15 is 0 Å². The fourth-order valence-electron chi connectivity index (χ4n) is 5.56. The van der Waals surface area contributed by atoms with Crippen LogP contribution in [0.4, 0.5) is 0 Å². The van der Waals surface area contributed by atoms with E-state index in [-0.39, 0.29) is 16.8 Å². The summed E-state index contributed by atoms with van der Waals surface area (Å²) in [6.07, 6.45) is 12.5. The zero-order valence-corrected chi connectivity index (χ0v) is 14.1. The minimum Gasteiger partial charge on any atom is -0.472 e. The second-order valence-corrected chi connectivity index (χ2v) is 8.06. The summed E-state index contributed by atoms with van der Waals surface area (Å²) in [6, 6.07) is 2.07. The Labute approximate surface area is 138 Å². The predicted molar refractivity (Wildman–Crippen MR) is 87.7 cm³/mol. The van der Waals surface area contributed by atoms with E-state index < -0.39 is 0 Å². The average Bonchev–Trinajstić information content (AvgIpc) is 3.18. The van der Waals surface area contributed by atoms with Crippen LogP contribution in [0.2, 0.25) is 0 Å². The molecule has 3 nitrogen and oxygen atoms in total. The van der Waals surface area contributed by atoms with Crippen LogP contribution in [-0.4, -0.2) is 12.6 Å². The highest BCUT2D eigenvalue weighted by atomic mass is 16.5. The Bertz CT molecular complexity index is 629. The first-order valence-electron chi connectivity index (χ1n) is 8.95. The van der Waals surface area contributed by atoms with E-state index in [1.807, 2.05) is 6.26 Å². The predicted octanol–water partition coefficient (Wildman–Crippen LogP) is 4.53. The molecular formula is C20H26O3. The third kappa shape index (κ3) is 2.12. The van der Waals surface area contributed by atoms with E-state index in [9.17, 15) is 4.79 Å². The minimum atomic E-state index is -0.0542. The third-order valence-electron chi connectivity index (χ3n) is 7.17. The van der Waals surface area contributed by atoms with Crippen LogP contribution in [0.5, 0.6) is 0 Å². The van der Waals surface area contributed by atoms with E-state index in [1.54, 1.807) is 6.26 Å². The lowest BCUT2D eigenvalue weighted by atomic mass is 9.47. The van der Waals surface area contributed by atoms with E-state index in [0.717, 1.165) is 31.3 Å². The van der Waals surface area contributed by atoms with Gasteiger partial charge in [-0.05, 0) is 67.4 Å². The summed E-state index contributed by atoms with van der Waals surface area (Å²) in [7, 11) is 0. The Kier molecular flexibility index (Phi) is 3.44. The van der Waals surface area contributed by atoms with Crippen molar-refractivity contribution in [3.05, 3.63) is 35.8 Å². The number of cyclic esters (lactones) is 1. The summed E-state index contributed by atoms with van der Waals surface area (Å²) >= 11 is 0. The van der Waals surface area contributed by atoms with E-state index in [4.69, 9.17) is 9.15 Å². The minimum absolute atomic E-state index is 0.00695. The van der Waals surface area contributed by atoms with Crippen molar-refractivity contribution in [3.8, 4) is 0 Å². The van der Waals surface area contributed by atoms with E-state index in [0.29, 0.717) is 18.4 Å². The SMILES string of the molecule is C[C@@H]1CC[C@]23COC(=O)C2=CCC[C@@H]3[C@@]1(C)CCc1ccoc1. The molecule has 0 N–H and O–H groups in total. The van der Waals surface area contributed by atoms with Crippen molar-refractivity contribution < 1.29 is 13.9 Å². The van der Waals surface area contributed by atoms with Gasteiger partial charge in [0, 0.05) is 11.0 Å². The molecule has 3 heteroatoms. The van der Waals surface area contributed by atoms with Gasteiger partial charge in [-0.2, -0.15) is 0 Å². The van der Waals surface area contributed by atoms with Gasteiger partial charge in [0.05, 0.1) is 12.5 Å². The van der Waals surface area contributed by atoms with Crippen molar-refractivity contribution in [2.24, 2.45) is 22.7 Å². The van der Waals surface area contributed by atoms with Crippen LogP contribution >= 0.6 is 0 Å². The first-order valence-corrected chi connectivity index (χ1v) is 8.95. The molecule has 0 bridgehead atoms. The summed E-state index contributed by atoms with van der Waals surface area (Å²) < 4.78 is 10.7. The maximum atomic E-state index is 12.2. The smallest absolute Gasteiger partial charge is 0.334 e. The second-order valence-electron chi connectivity index (χ2n) is 8.06. The summed E-state index contributed by atoms with van der Waals surface area (Å²) in [6.45, 7) is 5.46. The van der Waals surface area contributed by atoms with Crippen molar-refractivity contribution in [1.82, 2.24) is 0 Å². The molecule has 1 aromatic rings. The van der Waals surface area contributed by atoms with E-state index in [2.05, 4.69) is 26.0 Å². The molecule has 4 atom stereocenters. The van der Waals surface area contributed by atoms with Gasteiger partial charge in [-0.1, -0.05) is 19.9 Å². The number of hydrogen-bond donors (Lipinski definition) is 0. The number of allylic oxidation sites excluding steroid dienone is 1. The van der Waals surface area contributed by atoms with Gasteiger partial charge in [0.1, 0.15) is 6.61 Å². The molecule has 23 heavy (non-hydrogen) atoms. The van der Waals surface area contributed by atoms with Crippen LogP contribution in [0.3, 0.4) is 0 Å². The normalized spacial score (nSPS) is 39.4. The molecule has 2 heterocycles. The number of aryl methyl sites for hydroxylation is 1. The zero-order valence-electron chi connectivity index (χ0n) is 14.1. The molecule has 0 unspecified atom stereocenters. The Morgan fingerprint density at radius 1 is 1.35 bits per heavy atom. The molecular weight excluding hydrogens is 288 g/mol. The summed E-state index contributed by atoms with van der Waals surface area (Å²) in [5.41, 5.74) is 2.52. The van der Waals surface area contributed by atoms with Gasteiger partial charge < -0.3 is 9.15 Å². The Hall–Kier alpha value is -1.51. The molecule has 0 radical (unpaired) electrons. The van der Waals surface area contributed by atoms with Crippen LogP contribution in [-0.2, 0) is 16.0 Å². The van der Waals surface area contributed by atoms with Gasteiger partial charge in [-0.25, -0.2) is 4.79 Å². The summed E-state index contributed by atoms with van der Waals surface area (Å²) in [5, 5.41) is 0. The fourth-order valence-corrected chi connectivity index (χ4v) is 5.56. The molecule has 1 aliphatic heterocycles. The monoisotopic (exact) mass is 314 g/mol. The number of ether oxygens (including phenoxy) is 1. The van der Waals surface area contributed by atoms with Crippen LogP contribution in [0.1, 0.15) is 51.5 Å². The molecule has 3 aliphatic rings. The molecule has 1 saturated heterocycles. The Balaban J connectivity index is 1.65. The van der Waals surface area contributed by atoms with Gasteiger partial charge in [-0.3, -0.25) is 0 Å². The molecule has 1 saturated carbocycles. The maximum Gasteiger partial charge on any atom is 0.334 e. The van der Waals surface area contributed by atoms with Crippen molar-refractivity contribution in [1.29, 1.82) is 0 Å². The highest BCUT2D eigenvalue weighted by Crippen LogP contribution is 2.63. The quantitative estimate of drug-likeness (QED) is 0.770. The molecule has 1 spiro atoms. The van der Waals surface area contributed by atoms with Gasteiger partial charge in [0.2, 0.25) is 0 Å². The standard InChI is InChI=1S/C20H26O3/c1-14-6-10-20-13-23-18(21)16(20)4-3-5-17(20)19(14,2)9-7-15-8-11-22-12-15/h4,8,11-12,14,17H,3,5-7,9-10,13H2,1-2H3/t14-,17-,19+,20+/m1/s1. The Morgan fingerprint density at radius 3 is 3.00 bits per heavy atom. The van der Waals surface area contributed by atoms with Gasteiger partial charge in [0.25, 0.3) is 0 Å². The lowest BCUT2D eigenvalue weighted by molar-refractivity contribution is -0.135. The van der Waals surface area contributed by atoms with Crippen LogP contribution in [0.25, 0.3) is 0 Å². The van der Waals surface area contributed by atoms with Crippen LogP contribution in [0.15, 0.2) is 34.7 Å². The highest BCUT2D eigenvalue weighted by molar-refractivity contribution is 5.92. The molecule has 124 valence electrons. The lowest BCUT2D eigenvalue weighted by Crippen LogP contribution is -2.51. The molecule has 0 aromatic carbocycles. The molecule has 4 rings (SSSR count). The first-order chi connectivity index (χ1) is 11.1. The summed E-state index contributed by atoms with van der Waals surface area (Å²) in [5.74, 6) is 1.18. The third-order valence-corrected chi connectivity index (χ3v) is 7.17. The number of hydrogen-bond acceptors (Lipinski definition) is 3. The number of rotatable bonds is 3. The van der Waals surface area contributed by atoms with Crippen molar-refractivity contribution in [2.75, 3.05) is 6.61 Å².